The molecule has 0 fully saturated rings. The Morgan fingerprint density at radius 1 is 1.16 bits per heavy atom. The van der Waals surface area contributed by atoms with Crippen molar-refractivity contribution >= 4 is 34.5 Å². The van der Waals surface area contributed by atoms with Crippen LogP contribution in [0.2, 0.25) is 0 Å². The molecule has 9 nitrogen and oxygen atoms in total. The lowest BCUT2D eigenvalue weighted by atomic mass is 10.1. The van der Waals surface area contributed by atoms with Gasteiger partial charge in [0.05, 0.1) is 31.8 Å². The van der Waals surface area contributed by atoms with Gasteiger partial charge in [-0.05, 0) is 29.9 Å². The Balaban J connectivity index is 1.57. The van der Waals surface area contributed by atoms with Crippen molar-refractivity contribution in [3.8, 4) is 5.75 Å². The van der Waals surface area contributed by atoms with Gasteiger partial charge in [-0.2, -0.15) is 5.10 Å². The van der Waals surface area contributed by atoms with E-state index in [2.05, 4.69) is 32.6 Å². The first-order valence-electron chi connectivity index (χ1n) is 10.6. The lowest BCUT2D eigenvalue weighted by molar-refractivity contribution is -0.121. The minimum atomic E-state index is 0.0102. The summed E-state index contributed by atoms with van der Waals surface area (Å²) in [6.45, 7) is 4.30. The summed E-state index contributed by atoms with van der Waals surface area (Å²) in [6, 6.07) is 7.76. The number of aryl methyl sites for hydroxylation is 1. The van der Waals surface area contributed by atoms with Crippen LogP contribution in [0.25, 0.3) is 11.0 Å². The molecule has 0 spiro atoms. The summed E-state index contributed by atoms with van der Waals surface area (Å²) < 4.78 is 12.1. The van der Waals surface area contributed by atoms with Crippen LogP contribution in [0.4, 0.5) is 5.82 Å². The number of fused-ring (bicyclic) bond motifs is 1. The average molecular weight is 459 g/mol. The molecule has 0 bridgehead atoms. The number of thioether (sulfide) groups is 1. The number of benzene rings is 1. The smallest absolute Gasteiger partial charge is 0.220 e. The first kappa shape index (κ1) is 23.8. The van der Waals surface area contributed by atoms with E-state index in [0.29, 0.717) is 44.2 Å². The number of aromatic nitrogens is 4. The maximum Gasteiger partial charge on any atom is 0.220 e. The molecule has 1 aromatic carbocycles. The molecule has 1 amide bonds. The summed E-state index contributed by atoms with van der Waals surface area (Å²) in [5, 5.41) is 12.3. The zero-order valence-corrected chi connectivity index (χ0v) is 19.6. The Morgan fingerprint density at radius 2 is 1.97 bits per heavy atom. The van der Waals surface area contributed by atoms with Crippen LogP contribution < -0.4 is 15.4 Å². The molecule has 0 atom stereocenters. The van der Waals surface area contributed by atoms with E-state index in [1.54, 1.807) is 32.2 Å². The number of nitrogens with one attached hydrogen (secondary N) is 2. The molecule has 3 rings (SSSR count). The molecular weight excluding hydrogens is 428 g/mol. The highest BCUT2D eigenvalue weighted by Gasteiger charge is 2.13. The van der Waals surface area contributed by atoms with E-state index in [-0.39, 0.29) is 5.91 Å². The molecule has 32 heavy (non-hydrogen) atoms. The van der Waals surface area contributed by atoms with Gasteiger partial charge in [-0.1, -0.05) is 30.8 Å². The van der Waals surface area contributed by atoms with E-state index in [4.69, 9.17) is 9.47 Å². The summed E-state index contributed by atoms with van der Waals surface area (Å²) in [5.41, 5.74) is 1.86. The molecule has 0 saturated carbocycles. The number of methoxy groups -OCH3 is 2. The number of hydrogen-bond donors (Lipinski definition) is 2. The van der Waals surface area contributed by atoms with Crippen molar-refractivity contribution in [1.29, 1.82) is 0 Å². The van der Waals surface area contributed by atoms with Crippen molar-refractivity contribution < 1.29 is 14.3 Å². The van der Waals surface area contributed by atoms with Crippen molar-refractivity contribution in [2.45, 2.75) is 31.5 Å². The molecule has 2 aromatic heterocycles. The van der Waals surface area contributed by atoms with Gasteiger partial charge in [-0.15, -0.1) is 0 Å². The van der Waals surface area contributed by atoms with Crippen LogP contribution in [0.3, 0.4) is 0 Å². The molecule has 2 N–H and O–H groups in total. The third kappa shape index (κ3) is 6.57. The fourth-order valence-electron chi connectivity index (χ4n) is 3.14. The molecule has 0 radical (unpaired) electrons. The standard InChI is InChI=1S/C22H30N6O3S/c1-4-32-22-26-20(24-12-14-30-2)18-15-25-28(21(18)27-22)13-11-23-19(29)10-7-16-5-8-17(31-3)9-6-16/h5-6,8-9,15H,4,7,10-14H2,1-3H3,(H,23,29)(H,24,26,27). The van der Waals surface area contributed by atoms with Gasteiger partial charge in [0, 0.05) is 26.6 Å². The van der Waals surface area contributed by atoms with E-state index >= 15 is 0 Å². The normalized spacial score (nSPS) is 11.0. The minimum Gasteiger partial charge on any atom is -0.497 e. The van der Waals surface area contributed by atoms with Crippen LogP contribution in [0, 0.1) is 0 Å². The van der Waals surface area contributed by atoms with E-state index in [1.807, 2.05) is 28.9 Å². The van der Waals surface area contributed by atoms with Crippen molar-refractivity contribution in [2.24, 2.45) is 0 Å². The fourth-order valence-corrected chi connectivity index (χ4v) is 3.70. The number of nitrogens with zero attached hydrogens (tertiary/aromatic N) is 4. The summed E-state index contributed by atoms with van der Waals surface area (Å²) >= 11 is 1.58. The summed E-state index contributed by atoms with van der Waals surface area (Å²) in [6.07, 6.45) is 2.87. The maximum atomic E-state index is 12.3. The van der Waals surface area contributed by atoms with Crippen LogP contribution in [0.5, 0.6) is 5.75 Å². The predicted octanol–water partition coefficient (Wildman–Crippen LogP) is 2.75. The Kier molecular flexibility index (Phi) is 9.12. The lowest BCUT2D eigenvalue weighted by Gasteiger charge is -2.09. The molecular formula is C22H30N6O3S. The Labute approximate surface area is 192 Å². The van der Waals surface area contributed by atoms with Gasteiger partial charge in [0.1, 0.15) is 11.6 Å². The van der Waals surface area contributed by atoms with Gasteiger partial charge < -0.3 is 20.1 Å². The molecule has 10 heteroatoms. The maximum absolute atomic E-state index is 12.3. The zero-order chi connectivity index (χ0) is 22.8. The largest absolute Gasteiger partial charge is 0.497 e. The van der Waals surface area contributed by atoms with E-state index in [1.165, 1.54) is 0 Å². The second kappa shape index (κ2) is 12.3. The van der Waals surface area contributed by atoms with Crippen LogP contribution in [-0.4, -0.2) is 65.3 Å². The molecule has 172 valence electrons. The van der Waals surface area contributed by atoms with Gasteiger partial charge in [-0.25, -0.2) is 14.6 Å². The average Bonchev–Trinajstić information content (AvgIpc) is 3.21. The molecule has 2 heterocycles. The Hall–Kier alpha value is -2.85. The predicted molar refractivity (Wildman–Crippen MR) is 126 cm³/mol. The second-order valence-corrected chi connectivity index (χ2v) is 8.24. The van der Waals surface area contributed by atoms with E-state index < -0.39 is 0 Å². The van der Waals surface area contributed by atoms with E-state index in [0.717, 1.165) is 33.9 Å². The number of anilines is 1. The van der Waals surface area contributed by atoms with Crippen LogP contribution in [0.15, 0.2) is 35.6 Å². The molecule has 0 unspecified atom stereocenters. The quantitative estimate of drug-likeness (QED) is 0.229. The van der Waals surface area contributed by atoms with Crippen LogP contribution in [0.1, 0.15) is 18.9 Å². The number of hydrogen-bond acceptors (Lipinski definition) is 8. The van der Waals surface area contributed by atoms with Crippen molar-refractivity contribution in [3.63, 3.8) is 0 Å². The first-order chi connectivity index (χ1) is 15.6. The lowest BCUT2D eigenvalue weighted by Crippen LogP contribution is -2.27. The minimum absolute atomic E-state index is 0.0102. The highest BCUT2D eigenvalue weighted by atomic mass is 32.2. The topological polar surface area (TPSA) is 103 Å². The van der Waals surface area contributed by atoms with Gasteiger partial charge in [0.15, 0.2) is 10.8 Å². The number of ether oxygens (including phenoxy) is 2. The Morgan fingerprint density at radius 3 is 2.69 bits per heavy atom. The highest BCUT2D eigenvalue weighted by Crippen LogP contribution is 2.24. The number of carbonyl (C=O) groups excluding carboxylic acids is 1. The number of rotatable bonds is 13. The monoisotopic (exact) mass is 458 g/mol. The van der Waals surface area contributed by atoms with Gasteiger partial charge in [0.25, 0.3) is 0 Å². The number of carbonyl (C=O) groups is 1. The third-order valence-electron chi connectivity index (χ3n) is 4.79. The second-order valence-electron chi connectivity index (χ2n) is 7.01. The molecule has 3 aromatic rings. The third-order valence-corrected chi connectivity index (χ3v) is 5.52. The highest BCUT2D eigenvalue weighted by molar-refractivity contribution is 7.99. The Bertz CT molecular complexity index is 1010. The molecule has 0 aliphatic rings. The van der Waals surface area contributed by atoms with E-state index in [9.17, 15) is 4.79 Å². The summed E-state index contributed by atoms with van der Waals surface area (Å²) in [7, 11) is 3.30. The van der Waals surface area contributed by atoms with Gasteiger partial charge in [-0.3, -0.25) is 4.79 Å². The number of amides is 1. The molecule has 0 saturated heterocycles. The first-order valence-corrected chi connectivity index (χ1v) is 11.6. The fraction of sp³-hybridized carbons (Fsp3) is 0.455. The summed E-state index contributed by atoms with van der Waals surface area (Å²) in [4.78, 5) is 21.5. The molecule has 0 aliphatic heterocycles. The zero-order valence-electron chi connectivity index (χ0n) is 18.8. The van der Waals surface area contributed by atoms with Crippen molar-refractivity contribution in [3.05, 3.63) is 36.0 Å². The van der Waals surface area contributed by atoms with Gasteiger partial charge in [0.2, 0.25) is 5.91 Å². The summed E-state index contributed by atoms with van der Waals surface area (Å²) in [5.74, 6) is 2.45. The SMILES string of the molecule is CCSc1nc(NCCOC)c2cnn(CCNC(=O)CCc3ccc(OC)cc3)c2n1. The van der Waals surface area contributed by atoms with Crippen molar-refractivity contribution in [2.75, 3.05) is 45.0 Å². The van der Waals surface area contributed by atoms with Gasteiger partial charge >= 0.3 is 0 Å². The molecule has 0 aliphatic carbocycles. The van der Waals surface area contributed by atoms with Crippen LogP contribution >= 0.6 is 11.8 Å². The van der Waals surface area contributed by atoms with Crippen molar-refractivity contribution in [1.82, 2.24) is 25.1 Å². The van der Waals surface area contributed by atoms with Crippen LogP contribution in [-0.2, 0) is 22.5 Å².